The Hall–Kier alpha value is -3.09. The second kappa shape index (κ2) is 10.2. The van der Waals surface area contributed by atoms with E-state index in [1.54, 1.807) is 36.4 Å². The molecule has 1 amide bonds. The summed E-state index contributed by atoms with van der Waals surface area (Å²) in [5.41, 5.74) is 4.09. The number of anilines is 1. The molecule has 1 heterocycles. The third kappa shape index (κ3) is 4.97. The van der Waals surface area contributed by atoms with Crippen molar-refractivity contribution in [3.63, 3.8) is 0 Å². The van der Waals surface area contributed by atoms with Crippen LogP contribution in [0.3, 0.4) is 0 Å². The molecule has 1 aromatic heterocycles. The number of halogens is 1. The predicted molar refractivity (Wildman–Crippen MR) is 137 cm³/mol. The van der Waals surface area contributed by atoms with Gasteiger partial charge in [-0.3, -0.25) is 14.2 Å². The molecule has 4 aromatic rings. The summed E-state index contributed by atoms with van der Waals surface area (Å²) in [4.78, 5) is 30.9. The van der Waals surface area contributed by atoms with Crippen LogP contribution in [0.4, 0.5) is 5.69 Å². The van der Waals surface area contributed by atoms with Gasteiger partial charge < -0.3 is 5.32 Å². The number of para-hydroxylation sites is 2. The Morgan fingerprint density at radius 1 is 1.00 bits per heavy atom. The number of amides is 1. The molecule has 0 aliphatic heterocycles. The molecule has 4 rings (SSSR count). The first-order chi connectivity index (χ1) is 16.0. The van der Waals surface area contributed by atoms with Crippen molar-refractivity contribution in [2.75, 3.05) is 11.1 Å². The first kappa shape index (κ1) is 23.1. The van der Waals surface area contributed by atoms with Gasteiger partial charge in [-0.25, -0.2) is 4.98 Å². The fraction of sp³-hybridized carbons (Fsp3) is 0.192. The van der Waals surface area contributed by atoms with Crippen LogP contribution in [0.2, 0.25) is 5.02 Å². The molecule has 5 nitrogen and oxygen atoms in total. The number of rotatable bonds is 7. The maximum atomic E-state index is 13.3. The zero-order valence-electron chi connectivity index (χ0n) is 18.5. The summed E-state index contributed by atoms with van der Waals surface area (Å²) in [5.74, 6) is -0.0253. The fourth-order valence-electron chi connectivity index (χ4n) is 3.76. The Kier molecular flexibility index (Phi) is 7.16. The molecule has 0 saturated heterocycles. The van der Waals surface area contributed by atoms with Crippen LogP contribution in [0.25, 0.3) is 16.6 Å². The molecule has 0 atom stereocenters. The van der Waals surface area contributed by atoms with Crippen molar-refractivity contribution in [3.05, 3.63) is 93.2 Å². The molecule has 0 unspecified atom stereocenters. The normalized spacial score (nSPS) is 11.0. The van der Waals surface area contributed by atoms with Crippen LogP contribution in [-0.4, -0.2) is 21.2 Å². The number of carbonyl (C=O) groups is 1. The van der Waals surface area contributed by atoms with Gasteiger partial charge in [-0.1, -0.05) is 73.6 Å². The molecule has 3 aromatic carbocycles. The lowest BCUT2D eigenvalue weighted by atomic mass is 10.0. The van der Waals surface area contributed by atoms with Crippen LogP contribution in [0.1, 0.15) is 25.0 Å². The monoisotopic (exact) mass is 477 g/mol. The number of hydrogen-bond acceptors (Lipinski definition) is 4. The zero-order chi connectivity index (χ0) is 23.4. The Labute approximate surface area is 201 Å². The largest absolute Gasteiger partial charge is 0.325 e. The molecule has 0 fully saturated rings. The molecule has 7 heteroatoms. The average molecular weight is 478 g/mol. The standard InChI is InChI=1S/C26H24ClN3O2S/c1-3-17-9-7-10-18(4-2)24(17)29-23(31)16-33-26-28-22-14-6-5-13-21(22)25(32)30(26)20-12-8-11-19(27)15-20/h5-15H,3-4,16H2,1-2H3,(H,29,31). The second-order valence-electron chi connectivity index (χ2n) is 7.53. The smallest absolute Gasteiger partial charge is 0.266 e. The number of nitrogens with zero attached hydrogens (tertiary/aromatic N) is 2. The highest BCUT2D eigenvalue weighted by molar-refractivity contribution is 7.99. The van der Waals surface area contributed by atoms with Gasteiger partial charge in [0, 0.05) is 10.7 Å². The molecular formula is C26H24ClN3O2S. The minimum Gasteiger partial charge on any atom is -0.325 e. The highest BCUT2D eigenvalue weighted by Gasteiger charge is 2.16. The number of hydrogen-bond donors (Lipinski definition) is 1. The van der Waals surface area contributed by atoms with E-state index in [1.165, 1.54) is 16.3 Å². The molecule has 0 aliphatic rings. The van der Waals surface area contributed by atoms with E-state index in [0.29, 0.717) is 26.8 Å². The van der Waals surface area contributed by atoms with Crippen LogP contribution in [-0.2, 0) is 17.6 Å². The van der Waals surface area contributed by atoms with Gasteiger partial charge in [0.15, 0.2) is 5.16 Å². The Morgan fingerprint density at radius 2 is 1.70 bits per heavy atom. The summed E-state index contributed by atoms with van der Waals surface area (Å²) in [6.45, 7) is 4.14. The third-order valence-electron chi connectivity index (χ3n) is 5.41. The number of fused-ring (bicyclic) bond motifs is 1. The topological polar surface area (TPSA) is 64.0 Å². The molecule has 0 radical (unpaired) electrons. The van der Waals surface area contributed by atoms with E-state index < -0.39 is 0 Å². The van der Waals surface area contributed by atoms with Gasteiger partial charge in [-0.15, -0.1) is 0 Å². The van der Waals surface area contributed by atoms with Gasteiger partial charge in [-0.2, -0.15) is 0 Å². The van der Waals surface area contributed by atoms with Crippen molar-refractivity contribution in [2.24, 2.45) is 0 Å². The summed E-state index contributed by atoms with van der Waals surface area (Å²) in [6, 6.07) is 20.3. The van der Waals surface area contributed by atoms with Crippen LogP contribution in [0, 0.1) is 0 Å². The molecule has 0 aliphatic carbocycles. The summed E-state index contributed by atoms with van der Waals surface area (Å²) in [5, 5.41) is 4.54. The second-order valence-corrected chi connectivity index (χ2v) is 8.91. The summed E-state index contributed by atoms with van der Waals surface area (Å²) in [6.07, 6.45) is 1.66. The van der Waals surface area contributed by atoms with E-state index >= 15 is 0 Å². The van der Waals surface area contributed by atoms with Gasteiger partial charge in [0.1, 0.15) is 0 Å². The van der Waals surface area contributed by atoms with E-state index in [2.05, 4.69) is 19.2 Å². The van der Waals surface area contributed by atoms with E-state index in [-0.39, 0.29) is 17.2 Å². The molecule has 0 saturated carbocycles. The highest BCUT2D eigenvalue weighted by Crippen LogP contribution is 2.25. The van der Waals surface area contributed by atoms with Crippen molar-refractivity contribution < 1.29 is 4.79 Å². The van der Waals surface area contributed by atoms with Crippen LogP contribution < -0.4 is 10.9 Å². The summed E-state index contributed by atoms with van der Waals surface area (Å²) >= 11 is 7.41. The van der Waals surface area contributed by atoms with Gasteiger partial charge in [-0.05, 0) is 54.3 Å². The average Bonchev–Trinajstić information content (AvgIpc) is 2.83. The van der Waals surface area contributed by atoms with E-state index in [1.807, 2.05) is 30.3 Å². The van der Waals surface area contributed by atoms with Gasteiger partial charge in [0.05, 0.1) is 22.3 Å². The number of aromatic nitrogens is 2. The Balaban J connectivity index is 1.67. The van der Waals surface area contributed by atoms with E-state index in [9.17, 15) is 9.59 Å². The van der Waals surface area contributed by atoms with Crippen molar-refractivity contribution >= 4 is 45.9 Å². The van der Waals surface area contributed by atoms with Gasteiger partial charge in [0.25, 0.3) is 5.56 Å². The molecular weight excluding hydrogens is 454 g/mol. The number of benzene rings is 3. The van der Waals surface area contributed by atoms with Gasteiger partial charge >= 0.3 is 0 Å². The lowest BCUT2D eigenvalue weighted by Gasteiger charge is -2.15. The Morgan fingerprint density at radius 3 is 2.39 bits per heavy atom. The predicted octanol–water partition coefficient (Wildman–Crippen LogP) is 5.89. The van der Waals surface area contributed by atoms with Crippen LogP contribution >= 0.6 is 23.4 Å². The van der Waals surface area contributed by atoms with Crippen molar-refractivity contribution in [2.45, 2.75) is 31.8 Å². The number of aryl methyl sites for hydroxylation is 2. The summed E-state index contributed by atoms with van der Waals surface area (Å²) < 4.78 is 1.52. The van der Waals surface area contributed by atoms with Crippen molar-refractivity contribution in [1.82, 2.24) is 9.55 Å². The minimum absolute atomic E-state index is 0.118. The molecule has 0 bridgehead atoms. The first-order valence-corrected chi connectivity index (χ1v) is 12.2. The number of thioether (sulfide) groups is 1. The quantitative estimate of drug-likeness (QED) is 0.266. The third-order valence-corrected chi connectivity index (χ3v) is 6.58. The first-order valence-electron chi connectivity index (χ1n) is 10.8. The molecule has 168 valence electrons. The van der Waals surface area contributed by atoms with Crippen LogP contribution in [0.15, 0.2) is 76.7 Å². The molecule has 1 N–H and O–H groups in total. The van der Waals surface area contributed by atoms with Crippen LogP contribution in [0.5, 0.6) is 0 Å². The number of carbonyl (C=O) groups excluding carboxylic acids is 1. The summed E-state index contributed by atoms with van der Waals surface area (Å²) in [7, 11) is 0. The van der Waals surface area contributed by atoms with Crippen molar-refractivity contribution in [3.8, 4) is 5.69 Å². The fourth-order valence-corrected chi connectivity index (χ4v) is 4.76. The maximum Gasteiger partial charge on any atom is 0.266 e. The van der Waals surface area contributed by atoms with Crippen molar-refractivity contribution in [1.29, 1.82) is 0 Å². The molecule has 33 heavy (non-hydrogen) atoms. The SMILES string of the molecule is CCc1cccc(CC)c1NC(=O)CSc1nc2ccccc2c(=O)n1-c1cccc(Cl)c1. The zero-order valence-corrected chi connectivity index (χ0v) is 20.0. The number of nitrogens with one attached hydrogen (secondary N) is 1. The highest BCUT2D eigenvalue weighted by atomic mass is 35.5. The van der Waals surface area contributed by atoms with E-state index in [0.717, 1.165) is 29.7 Å². The lowest BCUT2D eigenvalue weighted by Crippen LogP contribution is -2.23. The molecule has 0 spiro atoms. The van der Waals surface area contributed by atoms with E-state index in [4.69, 9.17) is 16.6 Å². The Bertz CT molecular complexity index is 1360. The lowest BCUT2D eigenvalue weighted by molar-refractivity contribution is -0.113. The maximum absolute atomic E-state index is 13.3. The van der Waals surface area contributed by atoms with Gasteiger partial charge in [0.2, 0.25) is 5.91 Å². The minimum atomic E-state index is -0.199.